The van der Waals surface area contributed by atoms with Crippen LogP contribution >= 0.6 is 0 Å². The number of furan rings is 1. The van der Waals surface area contributed by atoms with Gasteiger partial charge in [-0.05, 0) is 50.7 Å². The molecule has 0 radical (unpaired) electrons. The average molecular weight is 520 g/mol. The quantitative estimate of drug-likeness (QED) is 0.363. The lowest BCUT2D eigenvalue weighted by atomic mass is 10.1. The third-order valence-electron chi connectivity index (χ3n) is 7.43. The molecule has 0 bridgehead atoms. The first kappa shape index (κ1) is 24.6. The van der Waals surface area contributed by atoms with Gasteiger partial charge in [0.25, 0.3) is 0 Å². The molecule has 7 nitrogen and oxygen atoms in total. The summed E-state index contributed by atoms with van der Waals surface area (Å²) in [5, 5.41) is 1.04. The molecule has 4 aromatic rings. The molecule has 2 aliphatic rings. The van der Waals surface area contributed by atoms with Crippen LogP contribution < -0.4 is 14.5 Å². The molecular formula is C29H31F2N5O2. The molecule has 2 aromatic heterocycles. The van der Waals surface area contributed by atoms with Gasteiger partial charge < -0.3 is 23.9 Å². The van der Waals surface area contributed by atoms with Gasteiger partial charge in [-0.25, -0.2) is 18.7 Å². The first-order valence-electron chi connectivity index (χ1n) is 13.1. The van der Waals surface area contributed by atoms with Crippen molar-refractivity contribution in [2.45, 2.75) is 26.3 Å². The molecular weight excluding hydrogens is 488 g/mol. The summed E-state index contributed by atoms with van der Waals surface area (Å²) in [7, 11) is 2.13. The molecule has 0 atom stereocenters. The van der Waals surface area contributed by atoms with E-state index in [1.54, 1.807) is 6.07 Å². The molecule has 0 spiro atoms. The molecule has 0 saturated carbocycles. The van der Waals surface area contributed by atoms with Crippen molar-refractivity contribution in [2.24, 2.45) is 0 Å². The van der Waals surface area contributed by atoms with Crippen LogP contribution in [0.2, 0.25) is 0 Å². The van der Waals surface area contributed by atoms with Gasteiger partial charge in [-0.1, -0.05) is 6.07 Å². The highest BCUT2D eigenvalue weighted by atomic mass is 19.1. The monoisotopic (exact) mass is 519 g/mol. The van der Waals surface area contributed by atoms with Crippen molar-refractivity contribution in [3.05, 3.63) is 65.8 Å². The molecule has 6 rings (SSSR count). The minimum absolute atomic E-state index is 0.0773. The zero-order chi connectivity index (χ0) is 26.4. The van der Waals surface area contributed by atoms with E-state index in [-0.39, 0.29) is 17.5 Å². The predicted octanol–water partition coefficient (Wildman–Crippen LogP) is 5.12. The topological polar surface area (TPSA) is 57.9 Å². The highest BCUT2D eigenvalue weighted by Gasteiger charge is 2.26. The number of benzene rings is 2. The van der Waals surface area contributed by atoms with Crippen molar-refractivity contribution in [1.82, 2.24) is 14.9 Å². The van der Waals surface area contributed by atoms with Crippen molar-refractivity contribution in [3.63, 3.8) is 0 Å². The van der Waals surface area contributed by atoms with Crippen LogP contribution in [0.4, 0.5) is 20.2 Å². The summed E-state index contributed by atoms with van der Waals surface area (Å²) >= 11 is 0. The molecule has 198 valence electrons. The van der Waals surface area contributed by atoms with Crippen molar-refractivity contribution in [3.8, 4) is 17.0 Å². The van der Waals surface area contributed by atoms with E-state index in [0.29, 0.717) is 36.6 Å². The number of anilines is 2. The number of aromatic nitrogens is 2. The Labute approximate surface area is 220 Å². The Morgan fingerprint density at radius 1 is 0.974 bits per heavy atom. The van der Waals surface area contributed by atoms with Crippen LogP contribution in [0.25, 0.3) is 22.2 Å². The summed E-state index contributed by atoms with van der Waals surface area (Å²) in [6.07, 6.45) is 3.39. The van der Waals surface area contributed by atoms with E-state index in [0.717, 1.165) is 54.6 Å². The molecule has 38 heavy (non-hydrogen) atoms. The lowest BCUT2D eigenvalue weighted by Gasteiger charge is -2.34. The number of rotatable bonds is 5. The van der Waals surface area contributed by atoms with Gasteiger partial charge >= 0.3 is 0 Å². The second-order valence-corrected chi connectivity index (χ2v) is 10.3. The van der Waals surface area contributed by atoms with E-state index in [4.69, 9.17) is 9.15 Å². The van der Waals surface area contributed by atoms with Gasteiger partial charge in [0.05, 0.1) is 24.1 Å². The molecule has 0 N–H and O–H groups in total. The van der Waals surface area contributed by atoms with Crippen molar-refractivity contribution >= 4 is 22.3 Å². The number of hydrogen-bond acceptors (Lipinski definition) is 7. The number of halogens is 2. The smallest absolute Gasteiger partial charge is 0.178 e. The molecule has 9 heteroatoms. The summed E-state index contributed by atoms with van der Waals surface area (Å²) in [6, 6.07) is 9.21. The first-order chi connectivity index (χ1) is 18.4. The van der Waals surface area contributed by atoms with Crippen LogP contribution in [0.15, 0.2) is 47.2 Å². The van der Waals surface area contributed by atoms with Gasteiger partial charge in [-0.15, -0.1) is 0 Å². The van der Waals surface area contributed by atoms with E-state index in [1.165, 1.54) is 6.07 Å². The Bertz CT molecular complexity index is 1480. The van der Waals surface area contributed by atoms with Crippen LogP contribution in [0.5, 0.6) is 5.75 Å². The van der Waals surface area contributed by atoms with E-state index >= 15 is 4.39 Å². The lowest BCUT2D eigenvalue weighted by molar-refractivity contribution is 0.287. The normalized spacial score (nSPS) is 16.3. The summed E-state index contributed by atoms with van der Waals surface area (Å²) in [4.78, 5) is 15.5. The summed E-state index contributed by atoms with van der Waals surface area (Å²) in [6.45, 7) is 9.01. The van der Waals surface area contributed by atoms with E-state index in [2.05, 4.69) is 37.8 Å². The van der Waals surface area contributed by atoms with Gasteiger partial charge in [0, 0.05) is 49.6 Å². The molecule has 0 amide bonds. The Kier molecular flexibility index (Phi) is 6.39. The number of piperazine rings is 1. The molecule has 2 aromatic carbocycles. The zero-order valence-corrected chi connectivity index (χ0v) is 21.9. The predicted molar refractivity (Wildman–Crippen MR) is 144 cm³/mol. The lowest BCUT2D eigenvalue weighted by Crippen LogP contribution is -2.44. The SMILES string of the molecule is CC(C)N1CCOc2c(F)cc(-c3nc(Cc4ccc5occ(N6CCN(C)CC6)c5c4)ncc3F)cc21. The fraction of sp³-hybridized carbons (Fsp3) is 0.379. The Morgan fingerprint density at radius 2 is 1.79 bits per heavy atom. The molecule has 2 aliphatic heterocycles. The third-order valence-corrected chi connectivity index (χ3v) is 7.43. The molecule has 1 fully saturated rings. The number of nitrogens with zero attached hydrogens (tertiary/aromatic N) is 5. The largest absolute Gasteiger partial charge is 0.486 e. The Morgan fingerprint density at radius 3 is 2.58 bits per heavy atom. The van der Waals surface area contributed by atoms with E-state index < -0.39 is 11.6 Å². The number of hydrogen-bond donors (Lipinski definition) is 0. The van der Waals surface area contributed by atoms with Crippen molar-refractivity contribution < 1.29 is 17.9 Å². The van der Waals surface area contributed by atoms with Gasteiger partial charge in [-0.2, -0.15) is 0 Å². The average Bonchev–Trinajstić information content (AvgIpc) is 3.33. The van der Waals surface area contributed by atoms with Crippen LogP contribution in [0.3, 0.4) is 0 Å². The Hall–Kier alpha value is -3.72. The van der Waals surface area contributed by atoms with Gasteiger partial charge in [-0.3, -0.25) is 0 Å². The highest BCUT2D eigenvalue weighted by molar-refractivity contribution is 5.91. The molecule has 0 aliphatic carbocycles. The number of likely N-dealkylation sites (N-methyl/N-ethyl adjacent to an activating group) is 1. The fourth-order valence-electron chi connectivity index (χ4n) is 5.31. The van der Waals surface area contributed by atoms with Crippen molar-refractivity contribution in [2.75, 3.05) is 56.2 Å². The van der Waals surface area contributed by atoms with Crippen molar-refractivity contribution in [1.29, 1.82) is 0 Å². The second kappa shape index (κ2) is 9.87. The first-order valence-corrected chi connectivity index (χ1v) is 13.1. The van der Waals surface area contributed by atoms with Crippen LogP contribution in [0, 0.1) is 11.6 Å². The summed E-state index contributed by atoms with van der Waals surface area (Å²) in [5.74, 6) is -0.457. The maximum Gasteiger partial charge on any atom is 0.178 e. The third kappa shape index (κ3) is 4.55. The van der Waals surface area contributed by atoms with E-state index in [9.17, 15) is 4.39 Å². The van der Waals surface area contributed by atoms with Gasteiger partial charge in [0.1, 0.15) is 30.0 Å². The molecule has 4 heterocycles. The fourth-order valence-corrected chi connectivity index (χ4v) is 5.31. The van der Waals surface area contributed by atoms with Crippen LogP contribution in [0.1, 0.15) is 25.2 Å². The molecule has 1 saturated heterocycles. The van der Waals surface area contributed by atoms with Gasteiger partial charge in [0.15, 0.2) is 17.4 Å². The second-order valence-electron chi connectivity index (χ2n) is 10.3. The highest BCUT2D eigenvalue weighted by Crippen LogP contribution is 2.39. The number of fused-ring (bicyclic) bond motifs is 2. The Balaban J connectivity index is 1.31. The minimum Gasteiger partial charge on any atom is -0.486 e. The zero-order valence-electron chi connectivity index (χ0n) is 21.9. The minimum atomic E-state index is -0.594. The summed E-state index contributed by atoms with van der Waals surface area (Å²) < 4.78 is 41.4. The van der Waals surface area contributed by atoms with Crippen LogP contribution in [-0.2, 0) is 6.42 Å². The summed E-state index contributed by atoms with van der Waals surface area (Å²) in [5.41, 5.74) is 3.95. The molecule has 0 unspecified atom stereocenters. The van der Waals surface area contributed by atoms with E-state index in [1.807, 2.05) is 32.2 Å². The number of ether oxygens (including phenoxy) is 1. The maximum atomic E-state index is 15.0. The maximum absolute atomic E-state index is 15.0. The van der Waals surface area contributed by atoms with Crippen LogP contribution in [-0.4, -0.2) is 67.3 Å². The van der Waals surface area contributed by atoms with Gasteiger partial charge in [0.2, 0.25) is 0 Å². The standard InChI is InChI=1S/C29H31F2N5O2/c1-18(2)36-10-11-37-29-22(30)14-20(15-24(29)36)28-23(31)16-32-27(33-28)13-19-4-5-26-21(12-19)25(17-38-26)35-8-6-34(3)7-9-35/h4-5,12,14-18H,6-11,13H2,1-3H3.